The average Bonchev–Trinajstić information content (AvgIpc) is 3.55. The zero-order valence-electron chi connectivity index (χ0n) is 17.6. The van der Waals surface area contributed by atoms with Gasteiger partial charge in [0, 0.05) is 12.5 Å². The van der Waals surface area contributed by atoms with E-state index in [1.807, 2.05) is 36.4 Å². The molecule has 2 heterocycles. The molecule has 2 N–H and O–H groups in total. The van der Waals surface area contributed by atoms with Crippen LogP contribution in [0.2, 0.25) is 0 Å². The van der Waals surface area contributed by atoms with Crippen molar-refractivity contribution in [1.29, 1.82) is 0 Å². The van der Waals surface area contributed by atoms with Crippen molar-refractivity contribution in [3.63, 3.8) is 0 Å². The Bertz CT molecular complexity index is 1190. The molecule has 0 unspecified atom stereocenters. The van der Waals surface area contributed by atoms with Crippen LogP contribution in [0.4, 0.5) is 9.93 Å². The number of nitrogens with zero attached hydrogens (tertiary/aromatic N) is 2. The molecule has 1 aromatic heterocycles. The molecule has 9 heteroatoms. The van der Waals surface area contributed by atoms with E-state index in [4.69, 9.17) is 4.74 Å². The zero-order chi connectivity index (χ0) is 22.9. The van der Waals surface area contributed by atoms with Crippen LogP contribution in [0.1, 0.15) is 39.6 Å². The summed E-state index contributed by atoms with van der Waals surface area (Å²) in [6.07, 6.45) is 1.77. The van der Waals surface area contributed by atoms with Gasteiger partial charge in [0.15, 0.2) is 5.13 Å². The molecular weight excluding hydrogens is 442 g/mol. The van der Waals surface area contributed by atoms with E-state index in [0.717, 1.165) is 33.6 Å². The van der Waals surface area contributed by atoms with Crippen LogP contribution >= 0.6 is 11.3 Å². The second kappa shape index (κ2) is 8.67. The van der Waals surface area contributed by atoms with Crippen molar-refractivity contribution in [2.75, 3.05) is 18.5 Å². The summed E-state index contributed by atoms with van der Waals surface area (Å²) in [5, 5.41) is 12.1. The number of aliphatic carboxylic acids is 1. The highest BCUT2D eigenvalue weighted by Gasteiger charge is 2.35. The van der Waals surface area contributed by atoms with Crippen molar-refractivity contribution >= 4 is 34.4 Å². The van der Waals surface area contributed by atoms with Crippen molar-refractivity contribution in [3.05, 3.63) is 70.7 Å². The Morgan fingerprint density at radius 2 is 1.76 bits per heavy atom. The van der Waals surface area contributed by atoms with Crippen LogP contribution < -0.4 is 5.32 Å². The maximum absolute atomic E-state index is 12.7. The molecule has 0 spiro atoms. The number of thiazole rings is 1. The fourth-order valence-corrected chi connectivity index (χ4v) is 5.32. The fraction of sp³-hybridized carbons (Fsp3) is 0.250. The summed E-state index contributed by atoms with van der Waals surface area (Å²) in [6.45, 7) is 0.563. The number of likely N-dealkylation sites (tertiary alicyclic amines) is 1. The van der Waals surface area contributed by atoms with Gasteiger partial charge in [0.2, 0.25) is 0 Å². The molecule has 1 aliphatic heterocycles. The number of aromatic nitrogens is 1. The monoisotopic (exact) mass is 463 g/mol. The molecule has 2 aromatic carbocycles. The molecule has 2 aliphatic rings. The van der Waals surface area contributed by atoms with E-state index in [0.29, 0.717) is 19.4 Å². The normalized spacial score (nSPS) is 16.8. The van der Waals surface area contributed by atoms with Crippen molar-refractivity contribution in [3.8, 4) is 11.1 Å². The SMILES string of the molecule is O=C(Nc1ncc(C(=O)N2CCC[C@H]2C(=O)O)s1)OCC1c2ccccc2-c2ccccc21. The number of carbonyl (C=O) groups excluding carboxylic acids is 2. The summed E-state index contributed by atoms with van der Waals surface area (Å²) in [5.41, 5.74) is 4.53. The second-order valence-corrected chi connectivity index (χ2v) is 9.01. The Morgan fingerprint density at radius 1 is 1.09 bits per heavy atom. The van der Waals surface area contributed by atoms with Crippen LogP contribution in [-0.2, 0) is 9.53 Å². The van der Waals surface area contributed by atoms with Crippen LogP contribution in [0.5, 0.6) is 0 Å². The van der Waals surface area contributed by atoms with Gasteiger partial charge in [-0.1, -0.05) is 59.9 Å². The highest BCUT2D eigenvalue weighted by molar-refractivity contribution is 7.17. The molecule has 0 bridgehead atoms. The minimum atomic E-state index is -1.01. The van der Waals surface area contributed by atoms with Gasteiger partial charge in [-0.3, -0.25) is 10.1 Å². The summed E-state index contributed by atoms with van der Waals surface area (Å²) in [4.78, 5) is 42.2. The Kier molecular flexibility index (Phi) is 5.55. The van der Waals surface area contributed by atoms with E-state index < -0.39 is 24.0 Å². The van der Waals surface area contributed by atoms with Gasteiger partial charge in [-0.25, -0.2) is 14.6 Å². The van der Waals surface area contributed by atoms with E-state index in [1.54, 1.807) is 0 Å². The number of fused-ring (bicyclic) bond motifs is 3. The molecule has 8 nitrogen and oxygen atoms in total. The van der Waals surface area contributed by atoms with Crippen LogP contribution in [-0.4, -0.2) is 52.2 Å². The number of hydrogen-bond acceptors (Lipinski definition) is 6. The molecule has 168 valence electrons. The van der Waals surface area contributed by atoms with E-state index in [2.05, 4.69) is 22.4 Å². The van der Waals surface area contributed by atoms with Crippen molar-refractivity contribution in [1.82, 2.24) is 9.88 Å². The average molecular weight is 464 g/mol. The van der Waals surface area contributed by atoms with Gasteiger partial charge in [-0.2, -0.15) is 0 Å². The third kappa shape index (κ3) is 3.95. The largest absolute Gasteiger partial charge is 0.480 e. The summed E-state index contributed by atoms with van der Waals surface area (Å²) in [7, 11) is 0. The quantitative estimate of drug-likeness (QED) is 0.587. The number of carbonyl (C=O) groups is 3. The van der Waals surface area contributed by atoms with Crippen LogP contribution in [0.3, 0.4) is 0 Å². The molecule has 5 rings (SSSR count). The number of anilines is 1. The standard InChI is InChI=1S/C24H21N3O5S/c28-21(27-11-5-10-19(27)22(29)30)20-12-25-23(33-20)26-24(31)32-13-18-16-8-3-1-6-14(16)15-7-2-4-9-17(15)18/h1-4,6-9,12,18-19H,5,10-11,13H2,(H,29,30)(H,25,26,31)/t19-/m0/s1. The van der Waals surface area contributed by atoms with Crippen LogP contribution in [0.25, 0.3) is 11.1 Å². The maximum Gasteiger partial charge on any atom is 0.413 e. The molecule has 1 fully saturated rings. The van der Waals surface area contributed by atoms with Crippen LogP contribution in [0.15, 0.2) is 54.7 Å². The summed E-state index contributed by atoms with van der Waals surface area (Å²) >= 11 is 0.998. The molecule has 1 aliphatic carbocycles. The summed E-state index contributed by atoms with van der Waals surface area (Å²) in [5.74, 6) is -1.46. The third-order valence-corrected chi connectivity index (χ3v) is 6.97. The fourth-order valence-electron chi connectivity index (χ4n) is 4.56. The van der Waals surface area contributed by atoms with E-state index in [1.165, 1.54) is 11.1 Å². The Balaban J connectivity index is 1.23. The van der Waals surface area contributed by atoms with Gasteiger partial charge in [0.25, 0.3) is 5.91 Å². The first-order valence-corrected chi connectivity index (χ1v) is 11.5. The number of hydrogen-bond donors (Lipinski definition) is 2. The predicted molar refractivity (Wildman–Crippen MR) is 122 cm³/mol. The van der Waals surface area contributed by atoms with Gasteiger partial charge < -0.3 is 14.7 Å². The molecular formula is C24H21N3O5S. The van der Waals surface area contributed by atoms with Crippen molar-refractivity contribution in [2.45, 2.75) is 24.8 Å². The van der Waals surface area contributed by atoms with Crippen LogP contribution in [0, 0.1) is 0 Å². The molecule has 1 atom stereocenters. The van der Waals surface area contributed by atoms with Gasteiger partial charge >= 0.3 is 12.1 Å². The highest BCUT2D eigenvalue weighted by atomic mass is 32.1. The first-order valence-electron chi connectivity index (χ1n) is 10.6. The minimum Gasteiger partial charge on any atom is -0.480 e. The Labute approximate surface area is 193 Å². The van der Waals surface area contributed by atoms with Gasteiger partial charge in [-0.05, 0) is 35.1 Å². The minimum absolute atomic E-state index is 0.0558. The van der Waals surface area contributed by atoms with Crippen molar-refractivity contribution in [2.24, 2.45) is 0 Å². The number of carboxylic acids is 1. The predicted octanol–water partition coefficient (Wildman–Crippen LogP) is 4.19. The smallest absolute Gasteiger partial charge is 0.413 e. The lowest BCUT2D eigenvalue weighted by Gasteiger charge is -2.20. The lowest BCUT2D eigenvalue weighted by Crippen LogP contribution is -2.40. The third-order valence-electron chi connectivity index (χ3n) is 6.07. The number of benzene rings is 2. The Morgan fingerprint density at radius 3 is 2.42 bits per heavy atom. The number of rotatable bonds is 5. The summed E-state index contributed by atoms with van der Waals surface area (Å²) in [6, 6.07) is 15.3. The van der Waals surface area contributed by atoms with Gasteiger partial charge in [-0.15, -0.1) is 0 Å². The summed E-state index contributed by atoms with van der Waals surface area (Å²) < 4.78 is 5.51. The molecule has 3 aromatic rings. The number of nitrogens with one attached hydrogen (secondary N) is 1. The number of amides is 2. The lowest BCUT2D eigenvalue weighted by molar-refractivity contribution is -0.141. The first kappa shape index (κ1) is 21.1. The van der Waals surface area contributed by atoms with E-state index in [-0.39, 0.29) is 22.5 Å². The Hall–Kier alpha value is -3.72. The maximum atomic E-state index is 12.7. The highest BCUT2D eigenvalue weighted by Crippen LogP contribution is 2.44. The molecule has 0 saturated carbocycles. The second-order valence-electron chi connectivity index (χ2n) is 7.98. The molecule has 0 radical (unpaired) electrons. The molecule has 1 saturated heterocycles. The number of carboxylic acid groups (broad SMARTS) is 1. The molecule has 33 heavy (non-hydrogen) atoms. The lowest BCUT2D eigenvalue weighted by atomic mass is 9.98. The van der Waals surface area contributed by atoms with Gasteiger partial charge in [0.1, 0.15) is 17.5 Å². The first-order chi connectivity index (χ1) is 16.0. The topological polar surface area (TPSA) is 109 Å². The van der Waals surface area contributed by atoms with E-state index in [9.17, 15) is 19.5 Å². The van der Waals surface area contributed by atoms with Crippen molar-refractivity contribution < 1.29 is 24.2 Å². The van der Waals surface area contributed by atoms with E-state index >= 15 is 0 Å². The van der Waals surface area contributed by atoms with Gasteiger partial charge in [0.05, 0.1) is 6.20 Å². The molecule has 2 amide bonds. The number of ether oxygens (including phenoxy) is 1. The zero-order valence-corrected chi connectivity index (χ0v) is 18.4.